The van der Waals surface area contributed by atoms with E-state index in [9.17, 15) is 18.0 Å². The first-order valence-corrected chi connectivity index (χ1v) is 11.9. The van der Waals surface area contributed by atoms with Gasteiger partial charge in [0.1, 0.15) is 17.1 Å². The van der Waals surface area contributed by atoms with Crippen LogP contribution in [0.1, 0.15) is 30.5 Å². The molecular formula is C27H27F3N4O2. The summed E-state index contributed by atoms with van der Waals surface area (Å²) in [5, 5.41) is 0. The Morgan fingerprint density at radius 2 is 1.83 bits per heavy atom. The van der Waals surface area contributed by atoms with Gasteiger partial charge in [0.25, 0.3) is 0 Å². The van der Waals surface area contributed by atoms with Crippen molar-refractivity contribution in [3.8, 4) is 5.75 Å². The molecule has 6 nitrogen and oxygen atoms in total. The molecule has 4 aromatic rings. The van der Waals surface area contributed by atoms with E-state index in [-0.39, 0.29) is 29.8 Å². The average molecular weight is 497 g/mol. The minimum absolute atomic E-state index is 0.0371. The van der Waals surface area contributed by atoms with E-state index in [4.69, 9.17) is 4.74 Å². The third-order valence-corrected chi connectivity index (χ3v) is 6.98. The third kappa shape index (κ3) is 4.23. The number of alkyl halides is 3. The van der Waals surface area contributed by atoms with Crippen molar-refractivity contribution in [3.05, 3.63) is 88.5 Å². The van der Waals surface area contributed by atoms with Crippen LogP contribution in [0.2, 0.25) is 0 Å². The van der Waals surface area contributed by atoms with Crippen LogP contribution in [0.25, 0.3) is 11.0 Å². The summed E-state index contributed by atoms with van der Waals surface area (Å²) in [5.74, 6) is 1.44. The van der Waals surface area contributed by atoms with Crippen LogP contribution < -0.4 is 15.3 Å². The number of benzene rings is 2. The van der Waals surface area contributed by atoms with Gasteiger partial charge in [-0.15, -0.1) is 0 Å². The number of aromatic nitrogens is 3. The number of pyridine rings is 1. The molecule has 3 heterocycles. The molecule has 0 saturated carbocycles. The van der Waals surface area contributed by atoms with E-state index in [0.29, 0.717) is 36.3 Å². The fourth-order valence-electron chi connectivity index (χ4n) is 5.31. The van der Waals surface area contributed by atoms with Crippen molar-refractivity contribution in [3.63, 3.8) is 0 Å². The Hall–Kier alpha value is -3.75. The molecule has 1 saturated heterocycles. The highest BCUT2D eigenvalue weighted by molar-refractivity contribution is 5.83. The minimum atomic E-state index is -4.52. The van der Waals surface area contributed by atoms with Crippen molar-refractivity contribution >= 4 is 16.9 Å². The quantitative estimate of drug-likeness (QED) is 0.373. The zero-order valence-corrected chi connectivity index (χ0v) is 20.1. The van der Waals surface area contributed by atoms with Crippen LogP contribution in [-0.2, 0) is 12.7 Å². The first-order chi connectivity index (χ1) is 17.3. The number of ether oxygens (including phenoxy) is 1. The van der Waals surface area contributed by atoms with Crippen LogP contribution in [0.4, 0.5) is 19.0 Å². The number of methoxy groups -OCH3 is 1. The molecule has 2 atom stereocenters. The number of hydrogen-bond acceptors (Lipinski definition) is 4. The third-order valence-electron chi connectivity index (χ3n) is 6.98. The second kappa shape index (κ2) is 9.37. The van der Waals surface area contributed by atoms with E-state index < -0.39 is 11.7 Å². The lowest BCUT2D eigenvalue weighted by molar-refractivity contribution is -0.138. The Morgan fingerprint density at radius 3 is 2.53 bits per heavy atom. The van der Waals surface area contributed by atoms with Gasteiger partial charge in [0.2, 0.25) is 0 Å². The van der Waals surface area contributed by atoms with Crippen LogP contribution in [-0.4, -0.2) is 34.3 Å². The molecule has 0 radical (unpaired) electrons. The van der Waals surface area contributed by atoms with Crippen molar-refractivity contribution in [1.82, 2.24) is 14.1 Å². The number of nitrogens with zero attached hydrogens (tertiary/aromatic N) is 4. The fourth-order valence-corrected chi connectivity index (χ4v) is 5.31. The van der Waals surface area contributed by atoms with Crippen molar-refractivity contribution in [2.24, 2.45) is 5.92 Å². The molecule has 1 aliphatic heterocycles. The average Bonchev–Trinajstić information content (AvgIpc) is 3.15. The zero-order chi connectivity index (χ0) is 25.4. The van der Waals surface area contributed by atoms with E-state index in [1.807, 2.05) is 24.3 Å². The van der Waals surface area contributed by atoms with Gasteiger partial charge in [-0.2, -0.15) is 13.2 Å². The maximum atomic E-state index is 13.9. The van der Waals surface area contributed by atoms with Gasteiger partial charge in [-0.25, -0.2) is 9.78 Å². The summed E-state index contributed by atoms with van der Waals surface area (Å²) in [6, 6.07) is 16.4. The Labute approximate surface area is 206 Å². The molecule has 0 aliphatic carbocycles. The predicted molar refractivity (Wildman–Crippen MR) is 133 cm³/mol. The summed E-state index contributed by atoms with van der Waals surface area (Å²) in [6.07, 6.45) is -2.06. The molecule has 2 aromatic carbocycles. The predicted octanol–water partition coefficient (Wildman–Crippen LogP) is 5.36. The smallest absolute Gasteiger partial charge is 0.416 e. The number of halogens is 3. The number of hydrogen-bond donors (Lipinski definition) is 0. The Morgan fingerprint density at radius 1 is 1.06 bits per heavy atom. The highest BCUT2D eigenvalue weighted by atomic mass is 19.4. The van der Waals surface area contributed by atoms with Crippen molar-refractivity contribution in [1.29, 1.82) is 0 Å². The largest absolute Gasteiger partial charge is 0.494 e. The molecule has 0 spiro atoms. The second-order valence-corrected chi connectivity index (χ2v) is 9.19. The van der Waals surface area contributed by atoms with Gasteiger partial charge in [0, 0.05) is 25.3 Å². The molecule has 1 aliphatic rings. The molecule has 9 heteroatoms. The maximum Gasteiger partial charge on any atom is 0.416 e. The van der Waals surface area contributed by atoms with Gasteiger partial charge in [-0.05, 0) is 48.2 Å². The van der Waals surface area contributed by atoms with Crippen LogP contribution in [0.5, 0.6) is 5.75 Å². The Bertz CT molecular complexity index is 1430. The van der Waals surface area contributed by atoms with Gasteiger partial charge in [0.05, 0.1) is 24.7 Å². The summed E-state index contributed by atoms with van der Waals surface area (Å²) < 4.78 is 49.8. The second-order valence-electron chi connectivity index (χ2n) is 9.19. The number of rotatable bonds is 5. The first kappa shape index (κ1) is 24.0. The lowest BCUT2D eigenvalue weighted by atomic mass is 9.93. The van der Waals surface area contributed by atoms with Gasteiger partial charge in [-0.3, -0.25) is 9.13 Å². The SMILES string of the molecule is COc1cccc2c1n(Cc1ccccc1C(F)(F)F)c(=O)n2C1CCN(c2ccccn2)CC1C. The Kier molecular flexibility index (Phi) is 6.24. The molecule has 36 heavy (non-hydrogen) atoms. The molecule has 5 rings (SSSR count). The number of anilines is 1. The number of fused-ring (bicyclic) bond motifs is 1. The summed E-state index contributed by atoms with van der Waals surface area (Å²) >= 11 is 0. The maximum absolute atomic E-state index is 13.9. The van der Waals surface area contributed by atoms with E-state index in [2.05, 4.69) is 16.8 Å². The van der Waals surface area contributed by atoms with Gasteiger partial charge in [0.15, 0.2) is 0 Å². The van der Waals surface area contributed by atoms with E-state index >= 15 is 0 Å². The van der Waals surface area contributed by atoms with Crippen molar-refractivity contribution in [2.45, 2.75) is 32.1 Å². The summed E-state index contributed by atoms with van der Waals surface area (Å²) in [6.45, 7) is 3.31. The van der Waals surface area contributed by atoms with Gasteiger partial charge >= 0.3 is 11.9 Å². The molecule has 0 amide bonds. The topological polar surface area (TPSA) is 52.3 Å². The summed E-state index contributed by atoms with van der Waals surface area (Å²) in [5.41, 5.74) is 0.114. The Balaban J connectivity index is 1.59. The van der Waals surface area contributed by atoms with E-state index in [0.717, 1.165) is 11.9 Å². The van der Waals surface area contributed by atoms with Crippen molar-refractivity contribution < 1.29 is 17.9 Å². The lowest BCUT2D eigenvalue weighted by Gasteiger charge is -2.38. The molecule has 0 N–H and O–H groups in total. The summed E-state index contributed by atoms with van der Waals surface area (Å²) in [7, 11) is 1.50. The van der Waals surface area contributed by atoms with Gasteiger partial charge in [-0.1, -0.05) is 37.3 Å². The molecule has 188 valence electrons. The minimum Gasteiger partial charge on any atom is -0.494 e. The summed E-state index contributed by atoms with van der Waals surface area (Å²) in [4.78, 5) is 20.5. The normalized spacial score (nSPS) is 18.5. The van der Waals surface area contributed by atoms with E-state index in [1.54, 1.807) is 29.0 Å². The van der Waals surface area contributed by atoms with Crippen LogP contribution in [0.15, 0.2) is 71.7 Å². The zero-order valence-electron chi connectivity index (χ0n) is 20.1. The van der Waals surface area contributed by atoms with Crippen LogP contribution in [0, 0.1) is 5.92 Å². The molecule has 0 bridgehead atoms. The molecular weight excluding hydrogens is 469 g/mol. The van der Waals surface area contributed by atoms with Crippen LogP contribution >= 0.6 is 0 Å². The van der Waals surface area contributed by atoms with Crippen molar-refractivity contribution in [2.75, 3.05) is 25.1 Å². The fraction of sp³-hybridized carbons (Fsp3) is 0.333. The molecule has 2 aromatic heterocycles. The number of piperidine rings is 1. The monoisotopic (exact) mass is 496 g/mol. The highest BCUT2D eigenvalue weighted by Crippen LogP contribution is 2.36. The molecule has 2 unspecified atom stereocenters. The number of imidazole rings is 1. The highest BCUT2D eigenvalue weighted by Gasteiger charge is 2.35. The standard InChI is InChI=1S/C27H27F3N4O2/c1-18-16-32(24-12-5-6-14-31-24)15-13-21(18)34-22-10-7-11-23(36-2)25(22)33(26(34)35)17-19-8-3-4-9-20(19)27(28,29)30/h3-12,14,18,21H,13,15-17H2,1-2H3. The van der Waals surface area contributed by atoms with Gasteiger partial charge < -0.3 is 9.64 Å². The van der Waals surface area contributed by atoms with E-state index in [1.165, 1.54) is 23.8 Å². The lowest BCUT2D eigenvalue weighted by Crippen LogP contribution is -2.43. The van der Waals surface area contributed by atoms with Crippen LogP contribution in [0.3, 0.4) is 0 Å². The number of para-hydroxylation sites is 1. The molecule has 1 fully saturated rings. The first-order valence-electron chi connectivity index (χ1n) is 11.9.